The van der Waals surface area contributed by atoms with E-state index in [9.17, 15) is 13.2 Å². The predicted octanol–water partition coefficient (Wildman–Crippen LogP) is 0.925. The fraction of sp³-hybridized carbons (Fsp3) is 0.417. The van der Waals surface area contributed by atoms with E-state index in [1.54, 1.807) is 0 Å². The van der Waals surface area contributed by atoms with Crippen molar-refractivity contribution in [3.63, 3.8) is 0 Å². The second-order valence-corrected chi connectivity index (χ2v) is 7.75. The minimum atomic E-state index is -3.62. The summed E-state index contributed by atoms with van der Waals surface area (Å²) in [6.45, 7) is 2.20. The van der Waals surface area contributed by atoms with E-state index >= 15 is 0 Å². The van der Waals surface area contributed by atoms with Crippen molar-refractivity contribution in [3.05, 3.63) is 27.3 Å². The van der Waals surface area contributed by atoms with E-state index in [4.69, 9.17) is 5.11 Å². The molecule has 1 saturated heterocycles. The lowest BCUT2D eigenvalue weighted by Gasteiger charge is -2.31. The molecule has 0 unspecified atom stereocenters. The highest BCUT2D eigenvalue weighted by molar-refractivity contribution is 14.1. The molecule has 1 aromatic rings. The first-order chi connectivity index (χ1) is 9.32. The van der Waals surface area contributed by atoms with E-state index in [-0.39, 0.29) is 10.5 Å². The Balaban J connectivity index is 2.35. The van der Waals surface area contributed by atoms with E-state index in [0.29, 0.717) is 29.7 Å². The van der Waals surface area contributed by atoms with Gasteiger partial charge in [0, 0.05) is 29.7 Å². The van der Waals surface area contributed by atoms with Crippen molar-refractivity contribution in [2.45, 2.75) is 4.90 Å². The fourth-order valence-corrected chi connectivity index (χ4v) is 4.02. The summed E-state index contributed by atoms with van der Waals surface area (Å²) < 4.78 is 26.9. The first kappa shape index (κ1) is 15.7. The van der Waals surface area contributed by atoms with Gasteiger partial charge in [-0.25, -0.2) is 13.2 Å². The zero-order chi connectivity index (χ0) is 14.9. The fourth-order valence-electron chi connectivity index (χ4n) is 2.01. The van der Waals surface area contributed by atoms with Crippen LogP contribution in [0.3, 0.4) is 0 Å². The average molecular weight is 410 g/mol. The van der Waals surface area contributed by atoms with Gasteiger partial charge in [-0.2, -0.15) is 4.31 Å². The largest absolute Gasteiger partial charge is 0.478 e. The van der Waals surface area contributed by atoms with Crippen molar-refractivity contribution in [1.82, 2.24) is 9.21 Å². The zero-order valence-corrected chi connectivity index (χ0v) is 13.9. The molecule has 0 atom stereocenters. The SMILES string of the molecule is CN1CCN(S(=O)(=O)c2ccc(I)c(C(=O)O)c2)CC1. The van der Waals surface area contributed by atoms with E-state index in [0.717, 1.165) is 0 Å². The van der Waals surface area contributed by atoms with Crippen LogP contribution in [0.5, 0.6) is 0 Å². The molecule has 6 nitrogen and oxygen atoms in total. The number of nitrogens with zero attached hydrogens (tertiary/aromatic N) is 2. The first-order valence-corrected chi connectivity index (χ1v) is 8.56. The lowest BCUT2D eigenvalue weighted by molar-refractivity contribution is 0.0695. The molecule has 0 bridgehead atoms. The molecule has 20 heavy (non-hydrogen) atoms. The van der Waals surface area contributed by atoms with Crippen LogP contribution in [0, 0.1) is 3.57 Å². The first-order valence-electron chi connectivity index (χ1n) is 6.04. The summed E-state index contributed by atoms with van der Waals surface area (Å²) in [6.07, 6.45) is 0. The number of carboxylic acid groups (broad SMARTS) is 1. The third kappa shape index (κ3) is 3.13. The molecular formula is C12H15IN2O4S. The summed E-state index contributed by atoms with van der Waals surface area (Å²) in [5, 5.41) is 9.08. The number of hydrogen-bond acceptors (Lipinski definition) is 4. The summed E-state index contributed by atoms with van der Waals surface area (Å²) >= 11 is 1.88. The van der Waals surface area contributed by atoms with E-state index < -0.39 is 16.0 Å². The lowest BCUT2D eigenvalue weighted by atomic mass is 10.2. The van der Waals surface area contributed by atoms with Crippen LogP contribution in [0.4, 0.5) is 0 Å². The lowest BCUT2D eigenvalue weighted by Crippen LogP contribution is -2.47. The predicted molar refractivity (Wildman–Crippen MR) is 82.4 cm³/mol. The highest BCUT2D eigenvalue weighted by Crippen LogP contribution is 2.22. The molecule has 8 heteroatoms. The van der Waals surface area contributed by atoms with E-state index in [1.807, 2.05) is 29.6 Å². The van der Waals surface area contributed by atoms with E-state index in [2.05, 4.69) is 4.90 Å². The number of aromatic carboxylic acids is 1. The minimum Gasteiger partial charge on any atom is -0.478 e. The number of piperazine rings is 1. The van der Waals surface area contributed by atoms with Crippen molar-refractivity contribution in [2.75, 3.05) is 33.2 Å². The quantitative estimate of drug-likeness (QED) is 0.751. The van der Waals surface area contributed by atoms with Gasteiger partial charge in [-0.05, 0) is 47.8 Å². The maximum atomic E-state index is 12.5. The molecule has 1 heterocycles. The molecule has 0 spiro atoms. The molecule has 2 rings (SSSR count). The molecule has 0 aliphatic carbocycles. The molecular weight excluding hydrogens is 395 g/mol. The molecule has 1 aromatic carbocycles. The number of carbonyl (C=O) groups is 1. The number of likely N-dealkylation sites (N-methyl/N-ethyl adjacent to an activating group) is 1. The van der Waals surface area contributed by atoms with Gasteiger partial charge in [0.05, 0.1) is 10.5 Å². The summed E-state index contributed by atoms with van der Waals surface area (Å²) in [4.78, 5) is 13.2. The van der Waals surface area contributed by atoms with Crippen molar-refractivity contribution >= 4 is 38.6 Å². The highest BCUT2D eigenvalue weighted by Gasteiger charge is 2.28. The Morgan fingerprint density at radius 3 is 2.40 bits per heavy atom. The van der Waals surface area contributed by atoms with Gasteiger partial charge in [0.15, 0.2) is 0 Å². The van der Waals surface area contributed by atoms with Gasteiger partial charge in [-0.3, -0.25) is 0 Å². The third-order valence-electron chi connectivity index (χ3n) is 3.27. The maximum Gasteiger partial charge on any atom is 0.336 e. The van der Waals surface area contributed by atoms with Crippen LogP contribution < -0.4 is 0 Å². The third-order valence-corrected chi connectivity index (χ3v) is 6.10. The van der Waals surface area contributed by atoms with Crippen molar-refractivity contribution < 1.29 is 18.3 Å². The zero-order valence-electron chi connectivity index (χ0n) is 10.9. The number of carboxylic acids is 1. The number of sulfonamides is 1. The standard InChI is InChI=1S/C12H15IN2O4S/c1-14-4-6-15(7-5-14)20(18,19)9-2-3-11(13)10(8-9)12(16)17/h2-3,8H,4-7H2,1H3,(H,16,17). The van der Waals surface area contributed by atoms with Gasteiger partial charge >= 0.3 is 5.97 Å². The summed E-state index contributed by atoms with van der Waals surface area (Å²) in [5.41, 5.74) is 0.0146. The Morgan fingerprint density at radius 2 is 1.85 bits per heavy atom. The topological polar surface area (TPSA) is 77.9 Å². The molecule has 0 saturated carbocycles. The number of hydrogen-bond donors (Lipinski definition) is 1. The molecule has 1 fully saturated rings. The molecule has 0 aromatic heterocycles. The Labute approximate surface area is 131 Å². The summed E-state index contributed by atoms with van der Waals surface area (Å²) in [5.74, 6) is -1.12. The Kier molecular flexibility index (Phi) is 4.67. The van der Waals surface area contributed by atoms with Gasteiger partial charge in [-0.15, -0.1) is 0 Å². The van der Waals surface area contributed by atoms with Crippen LogP contribution in [0.1, 0.15) is 10.4 Å². The molecule has 0 amide bonds. The minimum absolute atomic E-state index is 0.0146. The van der Waals surface area contributed by atoms with Gasteiger partial charge in [0.1, 0.15) is 0 Å². The molecule has 0 radical (unpaired) electrons. The van der Waals surface area contributed by atoms with Gasteiger partial charge < -0.3 is 10.0 Å². The Morgan fingerprint density at radius 1 is 1.25 bits per heavy atom. The molecule has 1 N–H and O–H groups in total. The van der Waals surface area contributed by atoms with Crippen LogP contribution in [-0.2, 0) is 10.0 Å². The van der Waals surface area contributed by atoms with Crippen LogP contribution in [0.25, 0.3) is 0 Å². The number of benzene rings is 1. The van der Waals surface area contributed by atoms with E-state index in [1.165, 1.54) is 22.5 Å². The van der Waals surface area contributed by atoms with Crippen molar-refractivity contribution in [3.8, 4) is 0 Å². The van der Waals surface area contributed by atoms with Gasteiger partial charge in [-0.1, -0.05) is 0 Å². The van der Waals surface area contributed by atoms with Crippen LogP contribution in [-0.4, -0.2) is 61.9 Å². The smallest absolute Gasteiger partial charge is 0.336 e. The second kappa shape index (κ2) is 5.96. The monoisotopic (exact) mass is 410 g/mol. The maximum absolute atomic E-state index is 12.5. The van der Waals surface area contributed by atoms with Crippen molar-refractivity contribution in [2.24, 2.45) is 0 Å². The van der Waals surface area contributed by atoms with Crippen LogP contribution in [0.15, 0.2) is 23.1 Å². The normalized spacial score (nSPS) is 18.1. The van der Waals surface area contributed by atoms with Gasteiger partial charge in [0.2, 0.25) is 10.0 Å². The number of halogens is 1. The van der Waals surface area contributed by atoms with Crippen molar-refractivity contribution in [1.29, 1.82) is 0 Å². The molecule has 1 aliphatic heterocycles. The molecule has 1 aliphatic rings. The number of rotatable bonds is 3. The molecule has 110 valence electrons. The Hall–Kier alpha value is -0.710. The summed E-state index contributed by atoms with van der Waals surface area (Å²) in [7, 11) is -1.68. The van der Waals surface area contributed by atoms with Crippen LogP contribution in [0.2, 0.25) is 0 Å². The highest BCUT2D eigenvalue weighted by atomic mass is 127. The second-order valence-electron chi connectivity index (χ2n) is 4.65. The van der Waals surface area contributed by atoms with Gasteiger partial charge in [0.25, 0.3) is 0 Å². The van der Waals surface area contributed by atoms with Crippen LogP contribution >= 0.6 is 22.6 Å². The summed E-state index contributed by atoms with van der Waals surface area (Å²) in [6, 6.07) is 4.21. The Bertz CT molecular complexity index is 624. The average Bonchev–Trinajstić information content (AvgIpc) is 2.39.